The number of carbonyl (C=O) groups excluding carboxylic acids is 2. The van der Waals surface area contributed by atoms with Crippen molar-refractivity contribution in [1.29, 1.82) is 5.26 Å². The van der Waals surface area contributed by atoms with Crippen molar-refractivity contribution in [2.75, 3.05) is 20.3 Å². The summed E-state index contributed by atoms with van der Waals surface area (Å²) in [5, 5.41) is 12.4. The van der Waals surface area contributed by atoms with Crippen LogP contribution in [-0.4, -0.2) is 32.1 Å². The van der Waals surface area contributed by atoms with E-state index in [9.17, 15) is 9.59 Å². The highest BCUT2D eigenvalue weighted by molar-refractivity contribution is 6.30. The summed E-state index contributed by atoms with van der Waals surface area (Å²) in [6.07, 6.45) is 1.99. The Labute approximate surface area is 168 Å². The lowest BCUT2D eigenvalue weighted by molar-refractivity contribution is -0.144. The fraction of sp³-hybridized carbons (Fsp3) is 0.190. The second kappa shape index (κ2) is 10.8. The van der Waals surface area contributed by atoms with Crippen molar-refractivity contribution >= 4 is 29.6 Å². The van der Waals surface area contributed by atoms with Gasteiger partial charge in [0, 0.05) is 11.6 Å². The molecule has 0 aliphatic carbocycles. The molecule has 0 bridgehead atoms. The average molecular weight is 399 g/mol. The van der Waals surface area contributed by atoms with E-state index in [1.807, 2.05) is 18.2 Å². The minimum absolute atomic E-state index is 0.197. The van der Waals surface area contributed by atoms with Gasteiger partial charge in [-0.3, -0.25) is 4.79 Å². The van der Waals surface area contributed by atoms with Crippen molar-refractivity contribution in [2.24, 2.45) is 0 Å². The van der Waals surface area contributed by atoms with E-state index in [2.05, 4.69) is 5.32 Å². The van der Waals surface area contributed by atoms with Crippen LogP contribution in [0.2, 0.25) is 5.02 Å². The van der Waals surface area contributed by atoms with E-state index in [0.717, 1.165) is 5.56 Å². The summed E-state index contributed by atoms with van der Waals surface area (Å²) in [6.45, 7) is -0.0838. The van der Waals surface area contributed by atoms with Crippen molar-refractivity contribution in [3.63, 3.8) is 0 Å². The van der Waals surface area contributed by atoms with Crippen LogP contribution in [-0.2, 0) is 20.7 Å². The lowest BCUT2D eigenvalue weighted by atomic mass is 10.1. The molecule has 0 atom stereocenters. The summed E-state index contributed by atoms with van der Waals surface area (Å²) < 4.78 is 9.96. The highest BCUT2D eigenvalue weighted by Gasteiger charge is 2.13. The van der Waals surface area contributed by atoms with E-state index in [4.69, 9.17) is 26.3 Å². The second-order valence-electron chi connectivity index (χ2n) is 5.75. The number of ether oxygens (including phenoxy) is 2. The summed E-state index contributed by atoms with van der Waals surface area (Å²) in [5.41, 5.74) is 1.43. The molecule has 28 heavy (non-hydrogen) atoms. The third-order valence-corrected chi connectivity index (χ3v) is 3.96. The molecule has 0 heterocycles. The van der Waals surface area contributed by atoms with Crippen molar-refractivity contribution in [3.05, 3.63) is 70.3 Å². The molecule has 0 unspecified atom stereocenters. The van der Waals surface area contributed by atoms with E-state index < -0.39 is 18.5 Å². The Kier molecular flexibility index (Phi) is 8.07. The van der Waals surface area contributed by atoms with Gasteiger partial charge in [-0.25, -0.2) is 4.79 Å². The van der Waals surface area contributed by atoms with Gasteiger partial charge >= 0.3 is 5.97 Å². The van der Waals surface area contributed by atoms with Crippen LogP contribution in [0.5, 0.6) is 5.75 Å². The first-order chi connectivity index (χ1) is 13.5. The number of halogens is 1. The third-order valence-electron chi connectivity index (χ3n) is 3.73. The molecule has 7 heteroatoms. The van der Waals surface area contributed by atoms with Crippen molar-refractivity contribution in [3.8, 4) is 11.8 Å². The van der Waals surface area contributed by atoms with Gasteiger partial charge in [0.05, 0.1) is 7.11 Å². The van der Waals surface area contributed by atoms with E-state index in [-0.39, 0.29) is 5.57 Å². The summed E-state index contributed by atoms with van der Waals surface area (Å²) in [4.78, 5) is 23.8. The van der Waals surface area contributed by atoms with Gasteiger partial charge in [-0.15, -0.1) is 0 Å². The standard InChI is InChI=1S/C21H19ClN2O4/c1-27-19-7-5-16(6-8-19)11-17(13-23)21(26)28-14-20(25)24-10-9-15-3-2-4-18(22)12-15/h2-8,11-12H,9-10,14H2,1H3,(H,24,25)/b17-11+. The fourth-order valence-electron chi connectivity index (χ4n) is 2.30. The van der Waals surface area contributed by atoms with Crippen LogP contribution in [0, 0.1) is 11.3 Å². The Hall–Kier alpha value is -3.30. The number of nitrogens with one attached hydrogen (secondary N) is 1. The van der Waals surface area contributed by atoms with Gasteiger partial charge in [0.25, 0.3) is 5.91 Å². The molecule has 6 nitrogen and oxygen atoms in total. The molecular weight excluding hydrogens is 380 g/mol. The van der Waals surface area contributed by atoms with E-state index >= 15 is 0 Å². The highest BCUT2D eigenvalue weighted by Crippen LogP contribution is 2.14. The van der Waals surface area contributed by atoms with E-state index in [0.29, 0.717) is 29.3 Å². The van der Waals surface area contributed by atoms with Gasteiger partial charge in [0.1, 0.15) is 17.4 Å². The Morgan fingerprint density at radius 1 is 1.21 bits per heavy atom. The van der Waals surface area contributed by atoms with Crippen LogP contribution < -0.4 is 10.1 Å². The number of rotatable bonds is 8. The highest BCUT2D eigenvalue weighted by atomic mass is 35.5. The number of nitrogens with zero attached hydrogens (tertiary/aromatic N) is 1. The third kappa shape index (κ3) is 6.78. The van der Waals surface area contributed by atoms with Crippen molar-refractivity contribution in [2.45, 2.75) is 6.42 Å². The molecule has 2 aromatic rings. The number of amides is 1. The zero-order valence-corrected chi connectivity index (χ0v) is 16.0. The number of carbonyl (C=O) groups is 2. The van der Waals surface area contributed by atoms with Crippen LogP contribution >= 0.6 is 11.6 Å². The maximum absolute atomic E-state index is 12.0. The number of esters is 1. The Balaban J connectivity index is 1.81. The Morgan fingerprint density at radius 2 is 1.96 bits per heavy atom. The number of hydrogen-bond acceptors (Lipinski definition) is 5. The van der Waals surface area contributed by atoms with Gasteiger partial charge in [-0.05, 0) is 47.9 Å². The molecular formula is C21H19ClN2O4. The number of nitriles is 1. The first-order valence-corrected chi connectivity index (χ1v) is 8.83. The van der Waals surface area contributed by atoms with Crippen molar-refractivity contribution in [1.82, 2.24) is 5.32 Å². The molecule has 2 aromatic carbocycles. The number of benzene rings is 2. The zero-order chi connectivity index (χ0) is 20.4. The smallest absolute Gasteiger partial charge is 0.349 e. The van der Waals surface area contributed by atoms with Crippen molar-refractivity contribution < 1.29 is 19.1 Å². The fourth-order valence-corrected chi connectivity index (χ4v) is 2.52. The predicted octanol–water partition coefficient (Wildman–Crippen LogP) is 3.16. The first kappa shape index (κ1) is 21.0. The molecule has 0 saturated heterocycles. The number of hydrogen-bond donors (Lipinski definition) is 1. The topological polar surface area (TPSA) is 88.4 Å². The van der Waals surface area contributed by atoms with Crippen LogP contribution in [0.4, 0.5) is 0 Å². The quantitative estimate of drug-likeness (QED) is 0.419. The SMILES string of the molecule is COc1ccc(/C=C(\C#N)C(=O)OCC(=O)NCCc2cccc(Cl)c2)cc1. The normalized spacial score (nSPS) is 10.7. The Morgan fingerprint density at radius 3 is 2.61 bits per heavy atom. The van der Waals surface area contributed by atoms with Crippen LogP contribution in [0.15, 0.2) is 54.1 Å². The molecule has 1 amide bonds. The summed E-state index contributed by atoms with van der Waals surface area (Å²) in [6, 6.07) is 15.9. The maximum atomic E-state index is 12.0. The largest absolute Gasteiger partial charge is 0.497 e. The molecule has 0 aliphatic heterocycles. The van der Waals surface area contributed by atoms with Gasteiger partial charge in [0.15, 0.2) is 6.61 Å². The zero-order valence-electron chi connectivity index (χ0n) is 15.3. The van der Waals surface area contributed by atoms with Crippen LogP contribution in [0.25, 0.3) is 6.08 Å². The lowest BCUT2D eigenvalue weighted by Gasteiger charge is -2.07. The molecule has 1 N–H and O–H groups in total. The molecule has 0 radical (unpaired) electrons. The van der Waals surface area contributed by atoms with Gasteiger partial charge in [0.2, 0.25) is 0 Å². The molecule has 144 valence electrons. The average Bonchev–Trinajstić information content (AvgIpc) is 2.70. The summed E-state index contributed by atoms with van der Waals surface area (Å²) >= 11 is 5.90. The summed E-state index contributed by atoms with van der Waals surface area (Å²) in [7, 11) is 1.54. The molecule has 0 fully saturated rings. The van der Waals surface area contributed by atoms with E-state index in [1.165, 1.54) is 6.08 Å². The van der Waals surface area contributed by atoms with Gasteiger partial charge < -0.3 is 14.8 Å². The predicted molar refractivity (Wildman–Crippen MR) is 106 cm³/mol. The first-order valence-electron chi connectivity index (χ1n) is 8.46. The Bertz CT molecular complexity index is 901. The minimum Gasteiger partial charge on any atom is -0.497 e. The summed E-state index contributed by atoms with van der Waals surface area (Å²) in [5.74, 6) is -0.645. The molecule has 0 saturated carbocycles. The van der Waals surface area contributed by atoms with E-state index in [1.54, 1.807) is 43.5 Å². The van der Waals surface area contributed by atoms with Gasteiger partial charge in [-0.1, -0.05) is 35.9 Å². The monoisotopic (exact) mass is 398 g/mol. The van der Waals surface area contributed by atoms with Gasteiger partial charge in [-0.2, -0.15) is 5.26 Å². The van der Waals surface area contributed by atoms with Crippen LogP contribution in [0.3, 0.4) is 0 Å². The molecule has 0 aromatic heterocycles. The van der Waals surface area contributed by atoms with Crippen LogP contribution in [0.1, 0.15) is 11.1 Å². The molecule has 0 spiro atoms. The second-order valence-corrected chi connectivity index (χ2v) is 6.19. The molecule has 0 aliphatic rings. The lowest BCUT2D eigenvalue weighted by Crippen LogP contribution is -2.30. The molecule has 2 rings (SSSR count). The number of methoxy groups -OCH3 is 1. The minimum atomic E-state index is -0.858. The maximum Gasteiger partial charge on any atom is 0.349 e.